The van der Waals surface area contributed by atoms with Gasteiger partial charge in [-0.05, 0) is 25.1 Å². The second kappa shape index (κ2) is 10.5. The van der Waals surface area contributed by atoms with E-state index in [0.717, 1.165) is 0 Å². The van der Waals surface area contributed by atoms with Crippen LogP contribution in [0.1, 0.15) is 17.3 Å². The molecule has 33 heavy (non-hydrogen) atoms. The van der Waals surface area contributed by atoms with Crippen molar-refractivity contribution >= 4 is 5.97 Å². The molecule has 0 saturated carbocycles. The van der Waals surface area contributed by atoms with Crippen molar-refractivity contribution in [2.45, 2.75) is 68.3 Å². The third-order valence-corrected chi connectivity index (χ3v) is 5.56. The SMILES string of the molecule is COc1cc(C(=O)O)ccc1O[C@@H]1O[C@H](CO[C@@H]2O[C@@H](C)[C@H](O)[C@@H](O)[C@H]2O)[C@@H](O)[C@H](O)[C@H]1O. The minimum Gasteiger partial charge on any atom is -0.493 e. The molecule has 13 nitrogen and oxygen atoms in total. The Morgan fingerprint density at radius 2 is 1.52 bits per heavy atom. The second-order valence-electron chi connectivity index (χ2n) is 7.82. The number of aliphatic hydroxyl groups excluding tert-OH is 6. The van der Waals surface area contributed by atoms with Crippen LogP contribution in [0.3, 0.4) is 0 Å². The molecule has 0 aromatic heterocycles. The van der Waals surface area contributed by atoms with Gasteiger partial charge in [-0.1, -0.05) is 0 Å². The topological polar surface area (TPSA) is 205 Å². The van der Waals surface area contributed by atoms with Gasteiger partial charge in [-0.2, -0.15) is 0 Å². The zero-order valence-corrected chi connectivity index (χ0v) is 17.8. The van der Waals surface area contributed by atoms with Crippen LogP contribution in [0.25, 0.3) is 0 Å². The monoisotopic (exact) mass is 476 g/mol. The summed E-state index contributed by atoms with van der Waals surface area (Å²) in [5.41, 5.74) is -0.0707. The molecule has 0 bridgehead atoms. The van der Waals surface area contributed by atoms with Gasteiger partial charge in [-0.3, -0.25) is 0 Å². The molecular formula is C20H28O13. The molecule has 2 aliphatic rings. The first-order valence-corrected chi connectivity index (χ1v) is 10.1. The summed E-state index contributed by atoms with van der Waals surface area (Å²) >= 11 is 0. The molecule has 2 heterocycles. The molecule has 0 unspecified atom stereocenters. The fourth-order valence-electron chi connectivity index (χ4n) is 3.52. The lowest BCUT2D eigenvalue weighted by Crippen LogP contribution is -2.61. The van der Waals surface area contributed by atoms with Crippen molar-refractivity contribution in [3.63, 3.8) is 0 Å². The Labute approximate surface area is 188 Å². The maximum absolute atomic E-state index is 11.1. The number of benzene rings is 1. The summed E-state index contributed by atoms with van der Waals surface area (Å²) in [6.07, 6.45) is -14.4. The van der Waals surface area contributed by atoms with E-state index < -0.39 is 74.0 Å². The molecule has 13 heteroatoms. The first-order chi connectivity index (χ1) is 15.5. The van der Waals surface area contributed by atoms with Crippen molar-refractivity contribution in [3.8, 4) is 11.5 Å². The lowest BCUT2D eigenvalue weighted by atomic mass is 9.98. The smallest absolute Gasteiger partial charge is 0.335 e. The largest absolute Gasteiger partial charge is 0.493 e. The highest BCUT2D eigenvalue weighted by molar-refractivity contribution is 5.88. The first kappa shape index (κ1) is 25.6. The maximum atomic E-state index is 11.1. The van der Waals surface area contributed by atoms with Gasteiger partial charge in [0.15, 0.2) is 17.8 Å². The summed E-state index contributed by atoms with van der Waals surface area (Å²) < 4.78 is 26.9. The molecule has 7 N–H and O–H groups in total. The van der Waals surface area contributed by atoms with Gasteiger partial charge >= 0.3 is 5.97 Å². The molecule has 2 aliphatic heterocycles. The van der Waals surface area contributed by atoms with Crippen LogP contribution in [0, 0.1) is 0 Å². The van der Waals surface area contributed by atoms with E-state index >= 15 is 0 Å². The third-order valence-electron chi connectivity index (χ3n) is 5.56. The highest BCUT2D eigenvalue weighted by Crippen LogP contribution is 2.32. The molecule has 0 aliphatic carbocycles. The van der Waals surface area contributed by atoms with E-state index in [1.165, 1.54) is 32.2 Å². The van der Waals surface area contributed by atoms with E-state index in [2.05, 4.69) is 0 Å². The zero-order valence-electron chi connectivity index (χ0n) is 17.8. The molecule has 2 saturated heterocycles. The number of hydrogen-bond acceptors (Lipinski definition) is 12. The van der Waals surface area contributed by atoms with Gasteiger partial charge in [0.05, 0.1) is 25.4 Å². The summed E-state index contributed by atoms with van der Waals surface area (Å²) in [4.78, 5) is 11.1. The van der Waals surface area contributed by atoms with Crippen molar-refractivity contribution < 1.29 is 64.2 Å². The Hall–Kier alpha value is -2.07. The van der Waals surface area contributed by atoms with Crippen LogP contribution in [0.15, 0.2) is 18.2 Å². The molecule has 1 aromatic carbocycles. The molecule has 3 rings (SSSR count). The summed E-state index contributed by atoms with van der Waals surface area (Å²) in [5, 5.41) is 69.6. The van der Waals surface area contributed by atoms with Gasteiger partial charge in [0.2, 0.25) is 6.29 Å². The number of carboxylic acids is 1. The van der Waals surface area contributed by atoms with Gasteiger partial charge in [-0.15, -0.1) is 0 Å². The summed E-state index contributed by atoms with van der Waals surface area (Å²) in [5.74, 6) is -1.16. The lowest BCUT2D eigenvalue weighted by Gasteiger charge is -2.42. The first-order valence-electron chi connectivity index (χ1n) is 10.1. The molecule has 2 fully saturated rings. The number of methoxy groups -OCH3 is 1. The average molecular weight is 476 g/mol. The van der Waals surface area contributed by atoms with Crippen molar-refractivity contribution in [1.82, 2.24) is 0 Å². The van der Waals surface area contributed by atoms with E-state index in [9.17, 15) is 35.4 Å². The number of aromatic carboxylic acids is 1. The molecular weight excluding hydrogens is 448 g/mol. The highest BCUT2D eigenvalue weighted by Gasteiger charge is 2.47. The summed E-state index contributed by atoms with van der Waals surface area (Å²) in [7, 11) is 1.28. The van der Waals surface area contributed by atoms with E-state index in [0.29, 0.717) is 0 Å². The van der Waals surface area contributed by atoms with Gasteiger partial charge in [0.1, 0.15) is 42.7 Å². The maximum Gasteiger partial charge on any atom is 0.335 e. The molecule has 186 valence electrons. The Bertz CT molecular complexity index is 819. The van der Waals surface area contributed by atoms with Crippen LogP contribution in [-0.2, 0) is 14.2 Å². The van der Waals surface area contributed by atoms with E-state index in [1.54, 1.807) is 0 Å². The van der Waals surface area contributed by atoms with Crippen LogP contribution < -0.4 is 9.47 Å². The van der Waals surface area contributed by atoms with Crippen LogP contribution in [0.5, 0.6) is 11.5 Å². The van der Waals surface area contributed by atoms with Crippen molar-refractivity contribution in [1.29, 1.82) is 0 Å². The molecule has 1 aromatic rings. The van der Waals surface area contributed by atoms with Gasteiger partial charge in [0.25, 0.3) is 0 Å². The number of rotatable bonds is 7. The number of carboxylic acid groups (broad SMARTS) is 1. The van der Waals surface area contributed by atoms with Crippen molar-refractivity contribution in [2.24, 2.45) is 0 Å². The van der Waals surface area contributed by atoms with Crippen LogP contribution in [0.4, 0.5) is 0 Å². The standard InChI is InChI=1S/C20H28O13/c1-7-12(21)14(23)16(25)19(31-7)30-6-11-13(22)15(24)17(26)20(33-11)32-9-4-3-8(18(27)28)5-10(9)29-2/h3-5,7,11-17,19-26H,6H2,1-2H3,(H,27,28)/t7-,11+,12-,13+,14+,15-,16+,17+,19+,20+/m0/s1. The number of carbonyl (C=O) groups is 1. The van der Waals surface area contributed by atoms with E-state index in [4.69, 9.17) is 28.8 Å². The molecule has 0 radical (unpaired) electrons. The van der Waals surface area contributed by atoms with Crippen molar-refractivity contribution in [3.05, 3.63) is 23.8 Å². The quantitative estimate of drug-likeness (QED) is 0.216. The molecule has 10 atom stereocenters. The Morgan fingerprint density at radius 1 is 0.879 bits per heavy atom. The highest BCUT2D eigenvalue weighted by atomic mass is 16.7. The predicted octanol–water partition coefficient (Wildman–Crippen LogP) is -2.58. The van der Waals surface area contributed by atoms with Crippen molar-refractivity contribution in [2.75, 3.05) is 13.7 Å². The molecule has 0 amide bonds. The number of aliphatic hydroxyl groups is 6. The Morgan fingerprint density at radius 3 is 2.15 bits per heavy atom. The second-order valence-corrected chi connectivity index (χ2v) is 7.82. The lowest BCUT2D eigenvalue weighted by molar-refractivity contribution is -0.318. The van der Waals surface area contributed by atoms with E-state index in [-0.39, 0.29) is 17.1 Å². The number of ether oxygens (including phenoxy) is 5. The Balaban J connectivity index is 1.69. The minimum atomic E-state index is -1.70. The van der Waals surface area contributed by atoms with Crippen LogP contribution in [0.2, 0.25) is 0 Å². The number of hydrogen-bond donors (Lipinski definition) is 7. The van der Waals surface area contributed by atoms with Crippen LogP contribution in [-0.4, -0.2) is 117 Å². The predicted molar refractivity (Wildman–Crippen MR) is 106 cm³/mol. The normalized spacial score (nSPS) is 39.2. The average Bonchev–Trinajstić information content (AvgIpc) is 2.80. The van der Waals surface area contributed by atoms with E-state index in [1.807, 2.05) is 0 Å². The third kappa shape index (κ3) is 5.37. The minimum absolute atomic E-state index is 0.00628. The van der Waals surface area contributed by atoms with Gasteiger partial charge in [0, 0.05) is 0 Å². The fourth-order valence-corrected chi connectivity index (χ4v) is 3.52. The summed E-state index contributed by atoms with van der Waals surface area (Å²) in [6.45, 7) is 1.02. The van der Waals surface area contributed by atoms with Crippen LogP contribution >= 0.6 is 0 Å². The van der Waals surface area contributed by atoms with Gasteiger partial charge in [-0.25, -0.2) is 4.79 Å². The fraction of sp³-hybridized carbons (Fsp3) is 0.650. The zero-order chi connectivity index (χ0) is 24.4. The summed E-state index contributed by atoms with van der Waals surface area (Å²) in [6, 6.07) is 3.72. The van der Waals surface area contributed by atoms with Gasteiger partial charge < -0.3 is 59.4 Å². The molecule has 0 spiro atoms. The Kier molecular flexibility index (Phi) is 8.10.